The van der Waals surface area contributed by atoms with Crippen LogP contribution in [0.2, 0.25) is 5.15 Å². The first-order valence-electron chi connectivity index (χ1n) is 5.90. The van der Waals surface area contributed by atoms with Crippen molar-refractivity contribution >= 4 is 17.4 Å². The molecule has 96 valence electrons. The summed E-state index contributed by atoms with van der Waals surface area (Å²) in [6, 6.07) is 0.193. The molecule has 0 fully saturated rings. The van der Waals surface area contributed by atoms with Crippen molar-refractivity contribution in [3.8, 4) is 0 Å². The van der Waals surface area contributed by atoms with Crippen molar-refractivity contribution in [1.82, 2.24) is 9.97 Å². The monoisotopic (exact) mass is 257 g/mol. The molecule has 17 heavy (non-hydrogen) atoms. The molecule has 0 aliphatic rings. The number of ether oxygens (including phenoxy) is 1. The summed E-state index contributed by atoms with van der Waals surface area (Å²) in [6.07, 6.45) is 1.48. The Morgan fingerprint density at radius 1 is 1.35 bits per heavy atom. The van der Waals surface area contributed by atoms with Crippen LogP contribution in [0.25, 0.3) is 0 Å². The Kier molecular flexibility index (Phi) is 5.65. The number of hydrogen-bond donors (Lipinski definition) is 1. The van der Waals surface area contributed by atoms with Crippen molar-refractivity contribution in [3.63, 3.8) is 0 Å². The lowest BCUT2D eigenvalue weighted by atomic mass is 10.1. The highest BCUT2D eigenvalue weighted by molar-refractivity contribution is 6.30. The molecule has 0 radical (unpaired) electrons. The zero-order valence-corrected chi connectivity index (χ0v) is 11.6. The summed E-state index contributed by atoms with van der Waals surface area (Å²) in [5.41, 5.74) is 0.956. The first-order chi connectivity index (χ1) is 8.06. The lowest BCUT2D eigenvalue weighted by Crippen LogP contribution is -2.23. The number of anilines is 1. The largest absolute Gasteiger partial charge is 0.380 e. The second-order valence-electron chi connectivity index (χ2n) is 4.29. The molecule has 0 aliphatic carbocycles. The second kappa shape index (κ2) is 6.77. The highest BCUT2D eigenvalue weighted by Crippen LogP contribution is 2.28. The Bertz CT molecular complexity index is 358. The first kappa shape index (κ1) is 14.2. The van der Waals surface area contributed by atoms with Gasteiger partial charge in [-0.15, -0.1) is 0 Å². The summed E-state index contributed by atoms with van der Waals surface area (Å²) in [5, 5.41) is 3.82. The van der Waals surface area contributed by atoms with Gasteiger partial charge in [0, 0.05) is 18.2 Å². The van der Waals surface area contributed by atoms with E-state index in [1.165, 1.54) is 6.33 Å². The molecule has 0 saturated heterocycles. The maximum atomic E-state index is 6.09. The number of rotatable bonds is 6. The zero-order chi connectivity index (χ0) is 12.8. The van der Waals surface area contributed by atoms with Gasteiger partial charge in [0.25, 0.3) is 0 Å². The van der Waals surface area contributed by atoms with Crippen LogP contribution in [0.5, 0.6) is 0 Å². The summed E-state index contributed by atoms with van der Waals surface area (Å²) in [7, 11) is 0. The average molecular weight is 258 g/mol. The molecule has 0 bridgehead atoms. The molecule has 0 aliphatic heterocycles. The van der Waals surface area contributed by atoms with Crippen LogP contribution in [-0.4, -0.2) is 29.2 Å². The van der Waals surface area contributed by atoms with E-state index < -0.39 is 0 Å². The molecule has 0 aromatic carbocycles. The van der Waals surface area contributed by atoms with Gasteiger partial charge in [0.2, 0.25) is 0 Å². The molecule has 1 N–H and O–H groups in total. The van der Waals surface area contributed by atoms with E-state index in [0.29, 0.717) is 18.4 Å². The van der Waals surface area contributed by atoms with Gasteiger partial charge in [0.15, 0.2) is 0 Å². The molecule has 0 amide bonds. The van der Waals surface area contributed by atoms with Crippen LogP contribution in [-0.2, 0) is 4.74 Å². The number of nitrogens with zero attached hydrogens (tertiary/aromatic N) is 2. The molecule has 5 heteroatoms. The third-order valence-electron chi connectivity index (χ3n) is 2.37. The van der Waals surface area contributed by atoms with Crippen LogP contribution in [0, 0.1) is 0 Å². The standard InChI is InChI=1S/C12H20ClN3O/c1-5-17-6-9(4)16-12-10(8(2)3)11(13)14-7-15-12/h7-9H,5-6H2,1-4H3,(H,14,15,16). The van der Waals surface area contributed by atoms with Crippen molar-refractivity contribution in [2.75, 3.05) is 18.5 Å². The van der Waals surface area contributed by atoms with Gasteiger partial charge in [-0.25, -0.2) is 9.97 Å². The van der Waals surface area contributed by atoms with E-state index in [9.17, 15) is 0 Å². The molecule has 1 heterocycles. The summed E-state index contributed by atoms with van der Waals surface area (Å²) < 4.78 is 5.36. The molecule has 1 rings (SSSR count). The normalized spacial score (nSPS) is 12.8. The molecule has 1 aromatic rings. The van der Waals surface area contributed by atoms with Gasteiger partial charge in [0.05, 0.1) is 6.61 Å². The molecule has 1 atom stereocenters. The molecular formula is C12H20ClN3O. The van der Waals surface area contributed by atoms with Crippen LogP contribution in [0.15, 0.2) is 6.33 Å². The number of halogens is 1. The van der Waals surface area contributed by atoms with Gasteiger partial charge in [-0.05, 0) is 19.8 Å². The first-order valence-corrected chi connectivity index (χ1v) is 6.28. The van der Waals surface area contributed by atoms with Crippen LogP contribution in [0.3, 0.4) is 0 Å². The number of hydrogen-bond acceptors (Lipinski definition) is 4. The lowest BCUT2D eigenvalue weighted by molar-refractivity contribution is 0.141. The van der Waals surface area contributed by atoms with E-state index in [1.807, 2.05) is 6.92 Å². The summed E-state index contributed by atoms with van der Waals surface area (Å²) in [4.78, 5) is 8.26. The quantitative estimate of drug-likeness (QED) is 0.796. The van der Waals surface area contributed by atoms with E-state index in [2.05, 4.69) is 36.1 Å². The van der Waals surface area contributed by atoms with Gasteiger partial charge in [-0.2, -0.15) is 0 Å². The van der Waals surface area contributed by atoms with Gasteiger partial charge in [-0.1, -0.05) is 25.4 Å². The Hall–Kier alpha value is -0.870. The van der Waals surface area contributed by atoms with Gasteiger partial charge in [0.1, 0.15) is 17.3 Å². The average Bonchev–Trinajstić information content (AvgIpc) is 2.25. The Balaban J connectivity index is 2.79. The highest BCUT2D eigenvalue weighted by Gasteiger charge is 2.14. The van der Waals surface area contributed by atoms with Crippen LogP contribution >= 0.6 is 11.6 Å². The summed E-state index contributed by atoms with van der Waals surface area (Å²) in [6.45, 7) is 9.54. The predicted octanol–water partition coefficient (Wildman–Crippen LogP) is 3.09. The van der Waals surface area contributed by atoms with E-state index in [-0.39, 0.29) is 12.0 Å². The van der Waals surface area contributed by atoms with Crippen molar-refractivity contribution in [2.45, 2.75) is 39.7 Å². The fourth-order valence-corrected chi connectivity index (χ4v) is 1.92. The van der Waals surface area contributed by atoms with Crippen molar-refractivity contribution in [3.05, 3.63) is 17.0 Å². The Morgan fingerprint density at radius 2 is 2.06 bits per heavy atom. The Morgan fingerprint density at radius 3 is 2.65 bits per heavy atom. The van der Waals surface area contributed by atoms with Crippen molar-refractivity contribution in [1.29, 1.82) is 0 Å². The summed E-state index contributed by atoms with van der Waals surface area (Å²) >= 11 is 6.09. The highest BCUT2D eigenvalue weighted by atomic mass is 35.5. The van der Waals surface area contributed by atoms with Crippen LogP contribution < -0.4 is 5.32 Å². The minimum atomic E-state index is 0.193. The lowest BCUT2D eigenvalue weighted by Gasteiger charge is -2.18. The fraction of sp³-hybridized carbons (Fsp3) is 0.667. The zero-order valence-electron chi connectivity index (χ0n) is 10.8. The Labute approximate surface area is 108 Å². The minimum Gasteiger partial charge on any atom is -0.380 e. The van der Waals surface area contributed by atoms with Gasteiger partial charge >= 0.3 is 0 Å². The summed E-state index contributed by atoms with van der Waals surface area (Å²) in [5.74, 6) is 1.08. The molecule has 4 nitrogen and oxygen atoms in total. The van der Waals surface area contributed by atoms with E-state index in [0.717, 1.165) is 11.4 Å². The van der Waals surface area contributed by atoms with Crippen molar-refractivity contribution < 1.29 is 4.74 Å². The second-order valence-corrected chi connectivity index (χ2v) is 4.64. The van der Waals surface area contributed by atoms with E-state index in [4.69, 9.17) is 16.3 Å². The maximum absolute atomic E-state index is 6.09. The van der Waals surface area contributed by atoms with Crippen LogP contribution in [0.4, 0.5) is 5.82 Å². The smallest absolute Gasteiger partial charge is 0.138 e. The number of aromatic nitrogens is 2. The maximum Gasteiger partial charge on any atom is 0.138 e. The van der Waals surface area contributed by atoms with Crippen LogP contribution in [0.1, 0.15) is 39.2 Å². The molecule has 1 aromatic heterocycles. The predicted molar refractivity (Wildman–Crippen MR) is 70.7 cm³/mol. The SMILES string of the molecule is CCOCC(C)Nc1ncnc(Cl)c1C(C)C. The molecule has 0 spiro atoms. The number of nitrogens with one attached hydrogen (secondary N) is 1. The van der Waals surface area contributed by atoms with E-state index in [1.54, 1.807) is 0 Å². The minimum absolute atomic E-state index is 0.193. The third-order valence-corrected chi connectivity index (χ3v) is 2.67. The fourth-order valence-electron chi connectivity index (χ4n) is 1.57. The molecule has 1 unspecified atom stereocenters. The topological polar surface area (TPSA) is 47.0 Å². The molecule has 0 saturated carbocycles. The van der Waals surface area contributed by atoms with E-state index >= 15 is 0 Å². The van der Waals surface area contributed by atoms with Crippen molar-refractivity contribution in [2.24, 2.45) is 0 Å². The molecular weight excluding hydrogens is 238 g/mol. The third kappa shape index (κ3) is 4.13. The van der Waals surface area contributed by atoms with Gasteiger partial charge in [-0.3, -0.25) is 0 Å². The van der Waals surface area contributed by atoms with Gasteiger partial charge < -0.3 is 10.1 Å².